The number of nitrogens with zero attached hydrogens (tertiary/aromatic N) is 2. The van der Waals surface area contributed by atoms with Gasteiger partial charge in [0.1, 0.15) is 16.8 Å². The van der Waals surface area contributed by atoms with Crippen LogP contribution in [0.3, 0.4) is 0 Å². The molecule has 1 aliphatic rings. The molecule has 5 nitrogen and oxygen atoms in total. The van der Waals surface area contributed by atoms with Crippen LogP contribution in [0.5, 0.6) is 0 Å². The van der Waals surface area contributed by atoms with Gasteiger partial charge in [-0.15, -0.1) is 11.3 Å². The van der Waals surface area contributed by atoms with Crippen molar-refractivity contribution >= 4 is 28.8 Å². The van der Waals surface area contributed by atoms with Gasteiger partial charge in [-0.25, -0.2) is 4.98 Å². The molecule has 2 heterocycles. The van der Waals surface area contributed by atoms with E-state index in [0.717, 1.165) is 10.6 Å². The Kier molecular flexibility index (Phi) is 4.73. The first-order valence-corrected chi connectivity index (χ1v) is 8.24. The molecule has 1 amide bonds. The molecule has 1 aromatic heterocycles. The molecule has 116 valence electrons. The summed E-state index contributed by atoms with van der Waals surface area (Å²) in [6.07, 6.45) is -0.209. The van der Waals surface area contributed by atoms with E-state index >= 15 is 0 Å². The first kappa shape index (κ1) is 15.4. The molecular weight excluding hydrogens is 322 g/mol. The molecule has 0 bridgehead atoms. The zero-order chi connectivity index (χ0) is 15.5. The lowest BCUT2D eigenvalue weighted by atomic mass is 10.1. The number of morpholine rings is 1. The third-order valence-corrected chi connectivity index (χ3v) is 4.77. The maximum Gasteiger partial charge on any atom is 0.273 e. The van der Waals surface area contributed by atoms with Crippen molar-refractivity contribution in [2.45, 2.75) is 12.6 Å². The van der Waals surface area contributed by atoms with E-state index in [1.54, 1.807) is 10.3 Å². The molecule has 2 N–H and O–H groups in total. The molecule has 2 aromatic rings. The van der Waals surface area contributed by atoms with E-state index in [1.807, 2.05) is 24.3 Å². The number of aromatic nitrogens is 1. The van der Waals surface area contributed by atoms with Gasteiger partial charge in [-0.2, -0.15) is 0 Å². The summed E-state index contributed by atoms with van der Waals surface area (Å²) >= 11 is 7.62. The minimum atomic E-state index is -0.209. The van der Waals surface area contributed by atoms with Gasteiger partial charge in [0.25, 0.3) is 5.91 Å². The second kappa shape index (κ2) is 6.75. The molecule has 1 fully saturated rings. The first-order valence-electron chi connectivity index (χ1n) is 6.99. The standard InChI is InChI=1S/C15H16ClN3O2S/c16-11-4-2-1-3-10(11)13-8-19(5-6-21-13)15(20)12-9-22-14(7-17)18-12/h1-4,9,13H,5-8,17H2. The number of carbonyl (C=O) groups is 1. The fourth-order valence-corrected chi connectivity index (χ4v) is 3.33. The minimum absolute atomic E-state index is 0.0868. The average Bonchev–Trinajstić information content (AvgIpc) is 3.04. The Morgan fingerprint density at radius 1 is 1.50 bits per heavy atom. The van der Waals surface area contributed by atoms with Crippen molar-refractivity contribution in [3.05, 3.63) is 50.9 Å². The molecule has 1 aliphatic heterocycles. The van der Waals surface area contributed by atoms with Gasteiger partial charge in [0, 0.05) is 29.1 Å². The smallest absolute Gasteiger partial charge is 0.273 e. The van der Waals surface area contributed by atoms with Gasteiger partial charge in [0.2, 0.25) is 0 Å². The SMILES string of the molecule is NCc1nc(C(=O)N2CCOC(c3ccccc3Cl)C2)cs1. The highest BCUT2D eigenvalue weighted by molar-refractivity contribution is 7.09. The number of hydrogen-bond acceptors (Lipinski definition) is 5. The van der Waals surface area contributed by atoms with Gasteiger partial charge in [-0.3, -0.25) is 4.79 Å². The van der Waals surface area contributed by atoms with Crippen LogP contribution < -0.4 is 5.73 Å². The van der Waals surface area contributed by atoms with Crippen LogP contribution in [-0.4, -0.2) is 35.5 Å². The van der Waals surface area contributed by atoms with Crippen LogP contribution in [0.1, 0.15) is 27.2 Å². The lowest BCUT2D eigenvalue weighted by Gasteiger charge is -2.33. The predicted octanol–water partition coefficient (Wildman–Crippen LogP) is 2.47. The van der Waals surface area contributed by atoms with E-state index in [1.165, 1.54) is 11.3 Å². The Labute approximate surface area is 137 Å². The molecule has 0 radical (unpaired) electrons. The third kappa shape index (κ3) is 3.15. The van der Waals surface area contributed by atoms with Crippen LogP contribution in [0.15, 0.2) is 29.6 Å². The highest BCUT2D eigenvalue weighted by Gasteiger charge is 2.28. The topological polar surface area (TPSA) is 68.5 Å². The Balaban J connectivity index is 1.75. The van der Waals surface area contributed by atoms with Crippen LogP contribution >= 0.6 is 22.9 Å². The van der Waals surface area contributed by atoms with Gasteiger partial charge in [0.05, 0.1) is 13.2 Å². The summed E-state index contributed by atoms with van der Waals surface area (Å²) < 4.78 is 5.77. The largest absolute Gasteiger partial charge is 0.370 e. The van der Waals surface area contributed by atoms with E-state index in [2.05, 4.69) is 4.98 Å². The molecule has 3 rings (SSSR count). The average molecular weight is 338 g/mol. The van der Waals surface area contributed by atoms with Crippen molar-refractivity contribution in [1.82, 2.24) is 9.88 Å². The summed E-state index contributed by atoms with van der Waals surface area (Å²) in [6.45, 7) is 1.85. The van der Waals surface area contributed by atoms with Crippen molar-refractivity contribution in [2.75, 3.05) is 19.7 Å². The maximum absolute atomic E-state index is 12.5. The summed E-state index contributed by atoms with van der Waals surface area (Å²) in [4.78, 5) is 18.5. The maximum atomic E-state index is 12.5. The van der Waals surface area contributed by atoms with E-state index in [9.17, 15) is 4.79 Å². The first-order chi connectivity index (χ1) is 10.7. The lowest BCUT2D eigenvalue weighted by Crippen LogP contribution is -2.42. The van der Waals surface area contributed by atoms with Gasteiger partial charge in [-0.05, 0) is 6.07 Å². The molecule has 1 aromatic carbocycles. The Hall–Kier alpha value is -1.47. The van der Waals surface area contributed by atoms with Crippen molar-refractivity contribution in [3.63, 3.8) is 0 Å². The number of ether oxygens (including phenoxy) is 1. The summed E-state index contributed by atoms with van der Waals surface area (Å²) in [7, 11) is 0. The summed E-state index contributed by atoms with van der Waals surface area (Å²) in [5.41, 5.74) is 6.90. The van der Waals surface area contributed by atoms with Crippen molar-refractivity contribution in [1.29, 1.82) is 0 Å². The fourth-order valence-electron chi connectivity index (χ4n) is 2.42. The van der Waals surface area contributed by atoms with Gasteiger partial charge < -0.3 is 15.4 Å². The van der Waals surface area contributed by atoms with E-state index in [4.69, 9.17) is 22.1 Å². The normalized spacial score (nSPS) is 18.5. The van der Waals surface area contributed by atoms with E-state index in [0.29, 0.717) is 37.0 Å². The molecule has 0 spiro atoms. The molecule has 22 heavy (non-hydrogen) atoms. The van der Waals surface area contributed by atoms with Crippen molar-refractivity contribution in [3.8, 4) is 0 Å². The second-order valence-corrected chi connectivity index (χ2v) is 6.31. The summed E-state index contributed by atoms with van der Waals surface area (Å²) in [6, 6.07) is 7.55. The number of nitrogens with two attached hydrogens (primary N) is 1. The third-order valence-electron chi connectivity index (χ3n) is 3.55. The van der Waals surface area contributed by atoms with E-state index in [-0.39, 0.29) is 12.0 Å². The highest BCUT2D eigenvalue weighted by Crippen LogP contribution is 2.28. The number of halogens is 1. The minimum Gasteiger partial charge on any atom is -0.370 e. The Morgan fingerprint density at radius 2 is 2.32 bits per heavy atom. The number of benzene rings is 1. The molecule has 1 unspecified atom stereocenters. The number of thiazole rings is 1. The molecule has 1 atom stereocenters. The quantitative estimate of drug-likeness (QED) is 0.934. The van der Waals surface area contributed by atoms with Crippen LogP contribution in [0.2, 0.25) is 5.02 Å². The van der Waals surface area contributed by atoms with Crippen LogP contribution in [0.4, 0.5) is 0 Å². The number of amides is 1. The van der Waals surface area contributed by atoms with Crippen LogP contribution in [0, 0.1) is 0 Å². The number of carbonyl (C=O) groups excluding carboxylic acids is 1. The molecule has 0 saturated carbocycles. The second-order valence-electron chi connectivity index (χ2n) is 4.96. The zero-order valence-electron chi connectivity index (χ0n) is 11.9. The monoisotopic (exact) mass is 337 g/mol. The molecule has 7 heteroatoms. The fraction of sp³-hybridized carbons (Fsp3) is 0.333. The summed E-state index contributed by atoms with van der Waals surface area (Å²) in [5, 5.41) is 3.17. The number of rotatable bonds is 3. The Bertz CT molecular complexity index is 676. The van der Waals surface area contributed by atoms with Crippen LogP contribution in [-0.2, 0) is 11.3 Å². The summed E-state index contributed by atoms with van der Waals surface area (Å²) in [5.74, 6) is -0.0868. The predicted molar refractivity (Wildman–Crippen MR) is 86.1 cm³/mol. The van der Waals surface area contributed by atoms with E-state index < -0.39 is 0 Å². The zero-order valence-corrected chi connectivity index (χ0v) is 13.4. The van der Waals surface area contributed by atoms with Crippen molar-refractivity contribution in [2.24, 2.45) is 5.73 Å². The van der Waals surface area contributed by atoms with Gasteiger partial charge in [-0.1, -0.05) is 29.8 Å². The molecule has 0 aliphatic carbocycles. The van der Waals surface area contributed by atoms with Crippen molar-refractivity contribution < 1.29 is 9.53 Å². The molecular formula is C15H16ClN3O2S. The van der Waals surface area contributed by atoms with Gasteiger partial charge >= 0.3 is 0 Å². The Morgan fingerprint density at radius 3 is 3.05 bits per heavy atom. The van der Waals surface area contributed by atoms with Gasteiger partial charge in [0.15, 0.2) is 0 Å². The highest BCUT2D eigenvalue weighted by atomic mass is 35.5. The number of hydrogen-bond donors (Lipinski definition) is 1. The molecule has 1 saturated heterocycles. The van der Waals surface area contributed by atoms with Crippen LogP contribution in [0.25, 0.3) is 0 Å². The lowest BCUT2D eigenvalue weighted by molar-refractivity contribution is -0.0229.